The molecule has 0 radical (unpaired) electrons. The molecule has 1 amide bonds. The Balaban J connectivity index is 1.38. The number of hydrogen-bond donors (Lipinski definition) is 1. The first-order valence-corrected chi connectivity index (χ1v) is 11.3. The number of aromatic nitrogens is 3. The van der Waals surface area contributed by atoms with E-state index in [2.05, 4.69) is 37.3 Å². The van der Waals surface area contributed by atoms with Gasteiger partial charge in [-0.3, -0.25) is 4.79 Å². The number of thiazole rings is 1. The number of benzene rings is 1. The Morgan fingerprint density at radius 1 is 1.28 bits per heavy atom. The van der Waals surface area contributed by atoms with Gasteiger partial charge in [0.1, 0.15) is 5.65 Å². The zero-order valence-electron chi connectivity index (χ0n) is 15.6. The zero-order valence-corrected chi connectivity index (χ0v) is 18.0. The molecule has 146 valence electrons. The molecule has 4 aromatic rings. The molecule has 1 aliphatic rings. The monoisotopic (exact) mass is 466 g/mol. The van der Waals surface area contributed by atoms with Gasteiger partial charge < -0.3 is 9.88 Å². The lowest BCUT2D eigenvalue weighted by atomic mass is 9.98. The molecule has 0 aliphatic carbocycles. The van der Waals surface area contributed by atoms with Crippen LogP contribution >= 0.6 is 27.3 Å². The van der Waals surface area contributed by atoms with E-state index in [9.17, 15) is 4.79 Å². The molecule has 0 bridgehead atoms. The Labute approximate surface area is 180 Å². The number of rotatable bonds is 3. The summed E-state index contributed by atoms with van der Waals surface area (Å²) in [5, 5.41) is 4.26. The Morgan fingerprint density at radius 3 is 3.00 bits per heavy atom. The standard InChI is InChI=1S/C22H19BrN4OS/c23-16-9-17-18(11-25-20(17)24-10-16)19-13-29-21(26-19)15-7-4-8-27(12-15)22(28)14-5-2-1-3-6-14/h1-3,5-6,9-11,13,15H,4,7-8,12H2,(H,24,25). The average Bonchev–Trinajstić information content (AvgIpc) is 3.41. The summed E-state index contributed by atoms with van der Waals surface area (Å²) in [5.41, 5.74) is 3.63. The molecule has 1 aliphatic heterocycles. The summed E-state index contributed by atoms with van der Waals surface area (Å²) in [6, 6.07) is 11.6. The van der Waals surface area contributed by atoms with E-state index < -0.39 is 0 Å². The van der Waals surface area contributed by atoms with Gasteiger partial charge in [0.25, 0.3) is 5.91 Å². The fraction of sp³-hybridized carbons (Fsp3) is 0.227. The van der Waals surface area contributed by atoms with Gasteiger partial charge in [-0.1, -0.05) is 18.2 Å². The Morgan fingerprint density at radius 2 is 2.14 bits per heavy atom. The summed E-state index contributed by atoms with van der Waals surface area (Å²) in [7, 11) is 0. The van der Waals surface area contributed by atoms with Gasteiger partial charge in [0, 0.05) is 57.8 Å². The number of fused-ring (bicyclic) bond motifs is 1. The molecule has 1 fully saturated rings. The highest BCUT2D eigenvalue weighted by Gasteiger charge is 2.27. The van der Waals surface area contributed by atoms with E-state index in [0.717, 1.165) is 63.3 Å². The molecule has 1 unspecified atom stereocenters. The molecule has 0 spiro atoms. The van der Waals surface area contributed by atoms with Crippen LogP contribution in [0.2, 0.25) is 0 Å². The van der Waals surface area contributed by atoms with Crippen LogP contribution in [0.25, 0.3) is 22.3 Å². The van der Waals surface area contributed by atoms with Gasteiger partial charge >= 0.3 is 0 Å². The fourth-order valence-corrected chi connectivity index (χ4v) is 5.19. The Hall–Kier alpha value is -2.51. The minimum Gasteiger partial charge on any atom is -0.345 e. The van der Waals surface area contributed by atoms with Crippen molar-refractivity contribution in [1.82, 2.24) is 19.9 Å². The van der Waals surface area contributed by atoms with Crippen LogP contribution in [0.15, 0.2) is 58.6 Å². The molecule has 1 aromatic carbocycles. The van der Waals surface area contributed by atoms with Crippen molar-refractivity contribution in [3.05, 3.63) is 69.2 Å². The van der Waals surface area contributed by atoms with Crippen molar-refractivity contribution in [2.24, 2.45) is 0 Å². The Bertz CT molecular complexity index is 1170. The highest BCUT2D eigenvalue weighted by molar-refractivity contribution is 9.10. The van der Waals surface area contributed by atoms with Gasteiger partial charge in [-0.05, 0) is 47.0 Å². The number of amides is 1. The van der Waals surface area contributed by atoms with E-state index in [0.29, 0.717) is 0 Å². The third-order valence-corrected chi connectivity index (χ3v) is 6.82. The van der Waals surface area contributed by atoms with Crippen molar-refractivity contribution in [2.75, 3.05) is 13.1 Å². The zero-order chi connectivity index (χ0) is 19.8. The van der Waals surface area contributed by atoms with Gasteiger partial charge in [-0.15, -0.1) is 11.3 Å². The summed E-state index contributed by atoms with van der Waals surface area (Å²) in [5.74, 6) is 0.393. The third kappa shape index (κ3) is 3.60. The van der Waals surface area contributed by atoms with Crippen LogP contribution < -0.4 is 0 Å². The number of aromatic amines is 1. The van der Waals surface area contributed by atoms with Gasteiger partial charge in [0.2, 0.25) is 0 Å². The fourth-order valence-electron chi connectivity index (χ4n) is 3.92. The first-order valence-electron chi connectivity index (χ1n) is 9.62. The first-order chi connectivity index (χ1) is 14.2. The van der Waals surface area contributed by atoms with Crippen molar-refractivity contribution in [3.63, 3.8) is 0 Å². The van der Waals surface area contributed by atoms with Crippen LogP contribution in [0.3, 0.4) is 0 Å². The van der Waals surface area contributed by atoms with Crippen molar-refractivity contribution in [3.8, 4) is 11.3 Å². The second kappa shape index (κ2) is 7.72. The van der Waals surface area contributed by atoms with E-state index in [1.165, 1.54) is 0 Å². The summed E-state index contributed by atoms with van der Waals surface area (Å²) >= 11 is 5.18. The normalized spacial score (nSPS) is 17.0. The molecule has 4 heterocycles. The van der Waals surface area contributed by atoms with Gasteiger partial charge in [0.15, 0.2) is 0 Å². The Kier molecular flexibility index (Phi) is 4.93. The number of nitrogens with one attached hydrogen (secondary N) is 1. The third-order valence-electron chi connectivity index (χ3n) is 5.37. The second-order valence-electron chi connectivity index (χ2n) is 7.28. The van der Waals surface area contributed by atoms with Gasteiger partial charge in [0.05, 0.1) is 10.7 Å². The van der Waals surface area contributed by atoms with E-state index >= 15 is 0 Å². The minimum atomic E-state index is 0.111. The molecule has 1 N–H and O–H groups in total. The molecular weight excluding hydrogens is 448 g/mol. The lowest BCUT2D eigenvalue weighted by molar-refractivity contribution is 0.0707. The topological polar surface area (TPSA) is 61.9 Å². The van der Waals surface area contributed by atoms with Crippen LogP contribution in [0.1, 0.15) is 34.1 Å². The molecule has 1 atom stereocenters. The highest BCUT2D eigenvalue weighted by Crippen LogP contribution is 2.35. The summed E-state index contributed by atoms with van der Waals surface area (Å²) in [6.45, 7) is 1.53. The molecule has 3 aromatic heterocycles. The maximum atomic E-state index is 12.8. The average molecular weight is 467 g/mol. The number of piperidine rings is 1. The smallest absolute Gasteiger partial charge is 0.253 e. The number of carbonyl (C=O) groups excluding carboxylic acids is 1. The summed E-state index contributed by atoms with van der Waals surface area (Å²) < 4.78 is 0.948. The SMILES string of the molecule is O=C(c1ccccc1)N1CCCC(c2nc(-c3c[nH]c4ncc(Br)cc34)cs2)C1. The number of likely N-dealkylation sites (tertiary alicyclic amines) is 1. The number of nitrogens with zero attached hydrogens (tertiary/aromatic N) is 3. The van der Waals surface area contributed by atoms with Crippen LogP contribution in [0.4, 0.5) is 0 Å². The van der Waals surface area contributed by atoms with Crippen molar-refractivity contribution in [1.29, 1.82) is 0 Å². The van der Waals surface area contributed by atoms with Gasteiger partial charge in [-0.25, -0.2) is 9.97 Å². The lowest BCUT2D eigenvalue weighted by Gasteiger charge is -2.32. The number of carbonyl (C=O) groups is 1. The van der Waals surface area contributed by atoms with Crippen LogP contribution in [-0.4, -0.2) is 38.8 Å². The van der Waals surface area contributed by atoms with Crippen LogP contribution in [0, 0.1) is 0 Å². The molecule has 0 saturated carbocycles. The van der Waals surface area contributed by atoms with Crippen molar-refractivity contribution in [2.45, 2.75) is 18.8 Å². The van der Waals surface area contributed by atoms with Gasteiger partial charge in [-0.2, -0.15) is 0 Å². The molecule has 5 nitrogen and oxygen atoms in total. The molecule has 5 rings (SSSR count). The quantitative estimate of drug-likeness (QED) is 0.435. The number of H-pyrrole nitrogens is 1. The van der Waals surface area contributed by atoms with E-state index in [1.807, 2.05) is 41.4 Å². The largest absolute Gasteiger partial charge is 0.345 e. The van der Waals surface area contributed by atoms with E-state index in [4.69, 9.17) is 4.98 Å². The molecule has 29 heavy (non-hydrogen) atoms. The molecule has 7 heteroatoms. The summed E-state index contributed by atoms with van der Waals surface area (Å²) in [4.78, 5) is 27.4. The maximum absolute atomic E-state index is 12.8. The molecule has 1 saturated heterocycles. The number of halogens is 1. The summed E-state index contributed by atoms with van der Waals surface area (Å²) in [6.07, 6.45) is 5.82. The minimum absolute atomic E-state index is 0.111. The molecular formula is C22H19BrN4OS. The number of pyridine rings is 1. The predicted molar refractivity (Wildman–Crippen MR) is 119 cm³/mol. The van der Waals surface area contributed by atoms with E-state index in [-0.39, 0.29) is 11.8 Å². The number of hydrogen-bond acceptors (Lipinski definition) is 4. The van der Waals surface area contributed by atoms with Crippen LogP contribution in [-0.2, 0) is 0 Å². The lowest BCUT2D eigenvalue weighted by Crippen LogP contribution is -2.39. The highest BCUT2D eigenvalue weighted by atomic mass is 79.9. The first kappa shape index (κ1) is 18.5. The van der Waals surface area contributed by atoms with Crippen molar-refractivity contribution >= 4 is 44.2 Å². The van der Waals surface area contributed by atoms with Crippen molar-refractivity contribution < 1.29 is 4.79 Å². The predicted octanol–water partition coefficient (Wildman–Crippen LogP) is 5.47. The van der Waals surface area contributed by atoms with E-state index in [1.54, 1.807) is 17.5 Å². The maximum Gasteiger partial charge on any atom is 0.253 e. The second-order valence-corrected chi connectivity index (χ2v) is 9.08. The van der Waals surface area contributed by atoms with Crippen LogP contribution in [0.5, 0.6) is 0 Å².